The Bertz CT molecular complexity index is 1910. The number of nitrogens with zero attached hydrogens (tertiary/aromatic N) is 1. The van der Waals surface area contributed by atoms with Gasteiger partial charge in [-0.3, -0.25) is 0 Å². The molecule has 5 nitrogen and oxygen atoms in total. The van der Waals surface area contributed by atoms with E-state index < -0.39 is 11.3 Å². The van der Waals surface area contributed by atoms with Gasteiger partial charge in [0, 0.05) is 35.6 Å². The molecule has 0 atom stereocenters. The molecule has 6 aromatic rings. The van der Waals surface area contributed by atoms with E-state index >= 15 is 0 Å². The van der Waals surface area contributed by atoms with E-state index in [1.807, 2.05) is 91.0 Å². The molecule has 0 unspecified atom stereocenters. The summed E-state index contributed by atoms with van der Waals surface area (Å²) in [7, 11) is 0. The van der Waals surface area contributed by atoms with Crippen LogP contribution in [0.25, 0.3) is 55.0 Å². The highest BCUT2D eigenvalue weighted by Gasteiger charge is 2.14. The first kappa shape index (κ1) is 22.8. The molecule has 0 radical (unpaired) electrons. The molecule has 0 aliphatic rings. The van der Waals surface area contributed by atoms with Crippen LogP contribution in [0.5, 0.6) is 0 Å². The first-order chi connectivity index (χ1) is 18.1. The zero-order chi connectivity index (χ0) is 25.5. The van der Waals surface area contributed by atoms with E-state index in [1.54, 1.807) is 0 Å². The van der Waals surface area contributed by atoms with Crippen molar-refractivity contribution in [2.45, 2.75) is 13.8 Å². The van der Waals surface area contributed by atoms with Crippen molar-refractivity contribution in [3.8, 4) is 22.3 Å². The summed E-state index contributed by atoms with van der Waals surface area (Å²) in [5, 5.41) is 3.79. The summed E-state index contributed by atoms with van der Waals surface area (Å²) < 4.78 is 11.4. The Morgan fingerprint density at radius 1 is 0.595 bits per heavy atom. The van der Waals surface area contributed by atoms with Gasteiger partial charge in [0.2, 0.25) is 0 Å². The molecule has 2 aromatic heterocycles. The van der Waals surface area contributed by atoms with Gasteiger partial charge in [-0.25, -0.2) is 9.59 Å². The molecular weight excluding hydrogens is 462 g/mol. The van der Waals surface area contributed by atoms with E-state index in [4.69, 9.17) is 8.83 Å². The van der Waals surface area contributed by atoms with Crippen molar-refractivity contribution >= 4 is 38.4 Å². The van der Waals surface area contributed by atoms with Gasteiger partial charge in [0.25, 0.3) is 0 Å². The predicted octanol–water partition coefficient (Wildman–Crippen LogP) is 7.23. The monoisotopic (exact) mass is 487 g/mol. The number of rotatable bonds is 5. The van der Waals surface area contributed by atoms with Gasteiger partial charge in [-0.2, -0.15) is 0 Å². The maximum absolute atomic E-state index is 13.0. The summed E-state index contributed by atoms with van der Waals surface area (Å²) >= 11 is 0. The molecule has 4 aromatic carbocycles. The topological polar surface area (TPSA) is 63.7 Å². The van der Waals surface area contributed by atoms with Gasteiger partial charge in [0.05, 0.1) is 11.1 Å². The largest absolute Gasteiger partial charge is 0.422 e. The molecule has 0 fully saturated rings. The number of benzene rings is 4. The molecule has 0 N–H and O–H groups in total. The highest BCUT2D eigenvalue weighted by Crippen LogP contribution is 2.30. The minimum atomic E-state index is -0.422. The number of hydrogen-bond donors (Lipinski definition) is 0. The predicted molar refractivity (Wildman–Crippen MR) is 150 cm³/mol. The molecule has 0 aliphatic carbocycles. The molecule has 0 amide bonds. The van der Waals surface area contributed by atoms with Gasteiger partial charge in [-0.1, -0.05) is 48.5 Å². The van der Waals surface area contributed by atoms with Crippen LogP contribution >= 0.6 is 0 Å². The molecule has 37 heavy (non-hydrogen) atoms. The van der Waals surface area contributed by atoms with Crippen LogP contribution in [0, 0.1) is 0 Å². The third kappa shape index (κ3) is 3.99. The Labute approximate surface area is 213 Å². The Hall–Kier alpha value is -4.64. The molecule has 5 heteroatoms. The molecule has 6 rings (SSSR count). The van der Waals surface area contributed by atoms with Gasteiger partial charge in [0.1, 0.15) is 11.2 Å². The van der Waals surface area contributed by atoms with E-state index in [-0.39, 0.29) is 0 Å². The van der Waals surface area contributed by atoms with E-state index in [2.05, 4.69) is 18.7 Å². The van der Waals surface area contributed by atoms with Crippen LogP contribution in [0.4, 0.5) is 5.69 Å². The van der Waals surface area contributed by atoms with Crippen LogP contribution in [-0.4, -0.2) is 13.1 Å². The average molecular weight is 488 g/mol. The summed E-state index contributed by atoms with van der Waals surface area (Å²) in [6.45, 7) is 5.93. The van der Waals surface area contributed by atoms with Crippen molar-refractivity contribution in [1.82, 2.24) is 0 Å². The SMILES string of the molecule is CCN(CC)c1ccc2cc(-c3cccc(-c4cc5c(ccc6ccccc65)oc4=O)c3)c(=O)oc2c1. The maximum atomic E-state index is 13.0. The smallest absolute Gasteiger partial charge is 0.344 e. The summed E-state index contributed by atoms with van der Waals surface area (Å²) in [6, 6.07) is 28.8. The van der Waals surface area contributed by atoms with Crippen molar-refractivity contribution in [3.05, 3.63) is 112 Å². The standard InChI is InChI=1S/C32H25NO4/c1-3-33(4-2)24-14-12-23-17-26(31(34)37-30(23)18-24)21-9-7-10-22(16-21)27-19-28-25-11-6-5-8-20(25)13-15-29(28)36-32(27)35/h5-19H,3-4H2,1-2H3. The molecule has 0 saturated carbocycles. The van der Waals surface area contributed by atoms with Crippen molar-refractivity contribution in [1.29, 1.82) is 0 Å². The second-order valence-electron chi connectivity index (χ2n) is 9.07. The molecule has 182 valence electrons. The summed E-state index contributed by atoms with van der Waals surface area (Å²) in [4.78, 5) is 28.2. The second-order valence-corrected chi connectivity index (χ2v) is 9.07. The Morgan fingerprint density at radius 3 is 2.03 bits per heavy atom. The van der Waals surface area contributed by atoms with Crippen LogP contribution in [-0.2, 0) is 0 Å². The lowest BCUT2D eigenvalue weighted by Crippen LogP contribution is -2.21. The normalized spacial score (nSPS) is 11.4. The molecule has 0 spiro atoms. The van der Waals surface area contributed by atoms with Gasteiger partial charge in [-0.05, 0) is 72.1 Å². The Morgan fingerprint density at radius 2 is 1.27 bits per heavy atom. The van der Waals surface area contributed by atoms with Gasteiger partial charge in [0.15, 0.2) is 0 Å². The Balaban J connectivity index is 1.47. The van der Waals surface area contributed by atoms with Crippen molar-refractivity contribution < 1.29 is 8.83 Å². The van der Waals surface area contributed by atoms with Crippen molar-refractivity contribution in [2.75, 3.05) is 18.0 Å². The third-order valence-corrected chi connectivity index (χ3v) is 6.97. The van der Waals surface area contributed by atoms with Crippen LogP contribution < -0.4 is 16.2 Å². The summed E-state index contributed by atoms with van der Waals surface area (Å²) in [6.07, 6.45) is 0. The first-order valence-electron chi connectivity index (χ1n) is 12.4. The van der Waals surface area contributed by atoms with E-state index in [0.717, 1.165) is 40.3 Å². The second kappa shape index (κ2) is 9.10. The lowest BCUT2D eigenvalue weighted by Gasteiger charge is -2.21. The highest BCUT2D eigenvalue weighted by molar-refractivity contribution is 6.06. The Kier molecular flexibility index (Phi) is 5.61. The van der Waals surface area contributed by atoms with Crippen LogP contribution in [0.15, 0.2) is 109 Å². The van der Waals surface area contributed by atoms with Crippen LogP contribution in [0.1, 0.15) is 13.8 Å². The first-order valence-corrected chi connectivity index (χ1v) is 12.4. The third-order valence-electron chi connectivity index (χ3n) is 6.97. The maximum Gasteiger partial charge on any atom is 0.344 e. The fourth-order valence-electron chi connectivity index (χ4n) is 5.01. The number of anilines is 1. The highest BCUT2D eigenvalue weighted by atomic mass is 16.4. The molecule has 0 bridgehead atoms. The van der Waals surface area contributed by atoms with Crippen molar-refractivity contribution in [3.63, 3.8) is 0 Å². The zero-order valence-corrected chi connectivity index (χ0v) is 20.7. The molecule has 0 aliphatic heterocycles. The minimum absolute atomic E-state index is 0.419. The van der Waals surface area contributed by atoms with Crippen LogP contribution in [0.3, 0.4) is 0 Å². The quantitative estimate of drug-likeness (QED) is 0.190. The van der Waals surface area contributed by atoms with Crippen LogP contribution in [0.2, 0.25) is 0 Å². The average Bonchev–Trinajstić information content (AvgIpc) is 2.93. The fourth-order valence-corrected chi connectivity index (χ4v) is 5.01. The summed E-state index contributed by atoms with van der Waals surface area (Å²) in [5.74, 6) is 0. The summed E-state index contributed by atoms with van der Waals surface area (Å²) in [5.41, 5.74) is 3.52. The fraction of sp³-hybridized carbons (Fsp3) is 0.125. The number of hydrogen-bond acceptors (Lipinski definition) is 5. The zero-order valence-electron chi connectivity index (χ0n) is 20.7. The van der Waals surface area contributed by atoms with E-state index in [9.17, 15) is 9.59 Å². The molecule has 2 heterocycles. The molecule has 0 saturated heterocycles. The minimum Gasteiger partial charge on any atom is -0.422 e. The van der Waals surface area contributed by atoms with E-state index in [0.29, 0.717) is 33.4 Å². The number of fused-ring (bicyclic) bond motifs is 4. The van der Waals surface area contributed by atoms with Gasteiger partial charge >= 0.3 is 11.3 Å². The van der Waals surface area contributed by atoms with Gasteiger partial charge in [-0.15, -0.1) is 0 Å². The van der Waals surface area contributed by atoms with E-state index in [1.165, 1.54) is 0 Å². The lowest BCUT2D eigenvalue weighted by molar-refractivity contribution is 0.563. The lowest BCUT2D eigenvalue weighted by atomic mass is 9.98. The van der Waals surface area contributed by atoms with Crippen molar-refractivity contribution in [2.24, 2.45) is 0 Å². The molecular formula is C32H25NO4. The van der Waals surface area contributed by atoms with Gasteiger partial charge < -0.3 is 13.7 Å².